The van der Waals surface area contributed by atoms with Crippen molar-refractivity contribution in [2.75, 3.05) is 11.9 Å². The fourth-order valence-electron chi connectivity index (χ4n) is 3.69. The number of benzene rings is 2. The minimum Gasteiger partial charge on any atom is -0.420 e. The topological polar surface area (TPSA) is 134 Å². The van der Waals surface area contributed by atoms with E-state index in [9.17, 15) is 18.0 Å². The average molecular weight is 576 g/mol. The summed E-state index contributed by atoms with van der Waals surface area (Å²) in [5.74, 6) is -2.31. The molecule has 1 atom stereocenters. The van der Waals surface area contributed by atoms with Crippen LogP contribution in [0, 0.1) is 5.82 Å². The van der Waals surface area contributed by atoms with Crippen molar-refractivity contribution in [3.8, 4) is 11.5 Å². The van der Waals surface area contributed by atoms with Gasteiger partial charge in [-0.1, -0.05) is 44.5 Å². The molecular formula is C26H27ClFN5O5S. The molecule has 0 bridgehead atoms. The van der Waals surface area contributed by atoms with Crippen LogP contribution >= 0.6 is 11.6 Å². The van der Waals surface area contributed by atoms with E-state index in [1.165, 1.54) is 6.07 Å². The molecule has 13 heteroatoms. The predicted molar refractivity (Wildman–Crippen MR) is 143 cm³/mol. The molecule has 206 valence electrons. The van der Waals surface area contributed by atoms with Crippen LogP contribution in [0.15, 0.2) is 56.8 Å². The van der Waals surface area contributed by atoms with Gasteiger partial charge in [0.1, 0.15) is 11.5 Å². The third-order valence-corrected chi connectivity index (χ3v) is 7.77. The maximum absolute atomic E-state index is 15.4. The number of carbonyl (C=O) groups excluding carboxylic acids is 2. The first kappa shape index (κ1) is 28.4. The standard InChI is InChI=1S/C26H27ClFN5O5S/c1-14(29-5)22(34)30-19-13-39(36,37)21-11-18(28)17(23-31-32-25(38-23)26(2,3)4)10-20(21)33(24(19)35)12-15-6-8-16(27)9-7-15/h6-11,13-14,29H,12H2,1-5H3,(H,30,34)/t14-/m0/s1. The molecule has 10 nitrogen and oxygen atoms in total. The summed E-state index contributed by atoms with van der Waals surface area (Å²) in [4.78, 5) is 27.0. The second kappa shape index (κ2) is 10.5. The molecule has 0 radical (unpaired) electrons. The Bertz CT molecular complexity index is 1580. The van der Waals surface area contributed by atoms with Crippen molar-refractivity contribution < 1.29 is 26.8 Å². The Labute approximate surface area is 230 Å². The van der Waals surface area contributed by atoms with E-state index in [1.807, 2.05) is 20.8 Å². The molecule has 39 heavy (non-hydrogen) atoms. The van der Waals surface area contributed by atoms with Gasteiger partial charge in [0.2, 0.25) is 21.6 Å². The summed E-state index contributed by atoms with van der Waals surface area (Å²) < 4.78 is 47.9. The van der Waals surface area contributed by atoms with Crippen molar-refractivity contribution in [3.05, 3.63) is 69.8 Å². The van der Waals surface area contributed by atoms with Crippen molar-refractivity contribution in [1.82, 2.24) is 20.8 Å². The number of aromatic nitrogens is 2. The SMILES string of the molecule is CN[C@@H](C)C(=O)NC1=CS(=O)(=O)c2cc(F)c(-c3nnc(C(C)(C)C)o3)cc2N(Cc2ccc(Cl)cc2)C1=O. The number of carbonyl (C=O) groups is 2. The van der Waals surface area contributed by atoms with Crippen LogP contribution in [0.5, 0.6) is 0 Å². The van der Waals surface area contributed by atoms with Crippen LogP contribution in [0.25, 0.3) is 11.5 Å². The molecule has 2 N–H and O–H groups in total. The maximum Gasteiger partial charge on any atom is 0.275 e. The van der Waals surface area contributed by atoms with Gasteiger partial charge in [0.25, 0.3) is 11.8 Å². The lowest BCUT2D eigenvalue weighted by atomic mass is 9.97. The van der Waals surface area contributed by atoms with Gasteiger partial charge in [-0.3, -0.25) is 9.59 Å². The zero-order valence-electron chi connectivity index (χ0n) is 21.9. The first-order valence-corrected chi connectivity index (χ1v) is 13.8. The van der Waals surface area contributed by atoms with Gasteiger partial charge in [-0.25, -0.2) is 12.8 Å². The highest BCUT2D eigenvalue weighted by atomic mass is 35.5. The Morgan fingerprint density at radius 1 is 1.18 bits per heavy atom. The molecule has 0 aliphatic carbocycles. The van der Waals surface area contributed by atoms with E-state index in [1.54, 1.807) is 38.2 Å². The number of nitrogens with one attached hydrogen (secondary N) is 2. The zero-order chi connectivity index (χ0) is 28.7. The number of sulfone groups is 1. The van der Waals surface area contributed by atoms with Gasteiger partial charge in [-0.15, -0.1) is 10.2 Å². The van der Waals surface area contributed by atoms with Gasteiger partial charge >= 0.3 is 0 Å². The quantitative estimate of drug-likeness (QED) is 0.454. The summed E-state index contributed by atoms with van der Waals surface area (Å²) in [5.41, 5.74) is -0.705. The maximum atomic E-state index is 15.4. The fourth-order valence-corrected chi connectivity index (χ4v) is 5.14. The van der Waals surface area contributed by atoms with Crippen LogP contribution in [-0.4, -0.2) is 43.5 Å². The highest BCUT2D eigenvalue weighted by Crippen LogP contribution is 2.38. The normalized spacial score (nSPS) is 15.8. The molecule has 0 fully saturated rings. The van der Waals surface area contributed by atoms with Gasteiger partial charge in [0, 0.05) is 10.4 Å². The molecule has 4 rings (SSSR count). The third-order valence-electron chi connectivity index (χ3n) is 6.03. The van der Waals surface area contributed by atoms with E-state index in [2.05, 4.69) is 20.8 Å². The number of hydrogen-bond donors (Lipinski definition) is 2. The van der Waals surface area contributed by atoms with Crippen LogP contribution < -0.4 is 15.5 Å². The number of nitrogens with zero attached hydrogens (tertiary/aromatic N) is 3. The van der Waals surface area contributed by atoms with E-state index in [-0.39, 0.29) is 29.6 Å². The van der Waals surface area contributed by atoms with Gasteiger partial charge in [0.15, 0.2) is 0 Å². The van der Waals surface area contributed by atoms with E-state index >= 15 is 4.39 Å². The predicted octanol–water partition coefficient (Wildman–Crippen LogP) is 3.71. The number of halogens is 2. The molecule has 1 aromatic heterocycles. The number of rotatable bonds is 6. The summed E-state index contributed by atoms with van der Waals surface area (Å²) in [7, 11) is -2.86. The largest absolute Gasteiger partial charge is 0.420 e. The second-order valence-corrected chi connectivity index (χ2v) is 12.3. The molecule has 0 saturated carbocycles. The number of amides is 2. The molecule has 1 aliphatic rings. The molecule has 3 aromatic rings. The summed E-state index contributed by atoms with van der Waals surface area (Å²) >= 11 is 6.00. The van der Waals surface area contributed by atoms with Crippen molar-refractivity contribution in [2.45, 2.75) is 50.6 Å². The molecule has 2 heterocycles. The number of likely N-dealkylation sites (N-methyl/N-ethyl adjacent to an activating group) is 1. The van der Waals surface area contributed by atoms with Crippen molar-refractivity contribution in [2.24, 2.45) is 0 Å². The monoisotopic (exact) mass is 575 g/mol. The van der Waals surface area contributed by atoms with Gasteiger partial charge in [-0.05, 0) is 43.8 Å². The third kappa shape index (κ3) is 5.87. The smallest absolute Gasteiger partial charge is 0.275 e. The summed E-state index contributed by atoms with van der Waals surface area (Å²) in [6.45, 7) is 6.95. The van der Waals surface area contributed by atoms with Crippen LogP contribution in [-0.2, 0) is 31.4 Å². The molecule has 2 amide bonds. The second-order valence-electron chi connectivity index (χ2n) is 10.1. The van der Waals surface area contributed by atoms with Gasteiger partial charge in [-0.2, -0.15) is 0 Å². The molecule has 0 spiro atoms. The van der Waals surface area contributed by atoms with Crippen LogP contribution in [0.1, 0.15) is 39.1 Å². The van der Waals surface area contributed by atoms with E-state index in [0.29, 0.717) is 16.0 Å². The van der Waals surface area contributed by atoms with Crippen molar-refractivity contribution in [3.63, 3.8) is 0 Å². The van der Waals surface area contributed by atoms with Crippen molar-refractivity contribution in [1.29, 1.82) is 0 Å². The summed E-state index contributed by atoms with van der Waals surface area (Å²) in [5, 5.41) is 14.1. The zero-order valence-corrected chi connectivity index (χ0v) is 23.4. The Kier molecular flexibility index (Phi) is 7.66. The lowest BCUT2D eigenvalue weighted by molar-refractivity contribution is -0.124. The first-order valence-electron chi connectivity index (χ1n) is 11.9. The minimum atomic E-state index is -4.40. The van der Waals surface area contributed by atoms with Crippen LogP contribution in [0.2, 0.25) is 5.02 Å². The van der Waals surface area contributed by atoms with Gasteiger partial charge in [0.05, 0.1) is 34.1 Å². The number of hydrogen-bond acceptors (Lipinski definition) is 8. The first-order chi connectivity index (χ1) is 18.2. The Morgan fingerprint density at radius 3 is 2.44 bits per heavy atom. The van der Waals surface area contributed by atoms with E-state index in [0.717, 1.165) is 11.0 Å². The molecule has 1 aliphatic heterocycles. The summed E-state index contributed by atoms with van der Waals surface area (Å²) in [6, 6.07) is 7.83. The average Bonchev–Trinajstić information content (AvgIpc) is 3.35. The Balaban J connectivity index is 1.90. The highest BCUT2D eigenvalue weighted by Gasteiger charge is 2.35. The lowest BCUT2D eigenvalue weighted by Gasteiger charge is -2.25. The molecular weight excluding hydrogens is 549 g/mol. The lowest BCUT2D eigenvalue weighted by Crippen LogP contribution is -2.44. The number of anilines is 1. The summed E-state index contributed by atoms with van der Waals surface area (Å²) in [6.07, 6.45) is 0. The molecule has 2 aromatic carbocycles. The van der Waals surface area contributed by atoms with Gasteiger partial charge < -0.3 is 20.0 Å². The fraction of sp³-hybridized carbons (Fsp3) is 0.308. The van der Waals surface area contributed by atoms with Crippen LogP contribution in [0.3, 0.4) is 0 Å². The highest BCUT2D eigenvalue weighted by molar-refractivity contribution is 7.94. The minimum absolute atomic E-state index is 0.116. The molecule has 0 saturated heterocycles. The van der Waals surface area contributed by atoms with E-state index in [4.69, 9.17) is 16.0 Å². The Morgan fingerprint density at radius 2 is 1.85 bits per heavy atom. The van der Waals surface area contributed by atoms with Crippen molar-refractivity contribution >= 4 is 38.9 Å². The molecule has 0 unspecified atom stereocenters. The Hall–Kier alpha value is -3.61. The number of fused-ring (bicyclic) bond motifs is 1. The van der Waals surface area contributed by atoms with Crippen LogP contribution in [0.4, 0.5) is 10.1 Å². The van der Waals surface area contributed by atoms with E-state index < -0.39 is 49.5 Å².